The van der Waals surface area contributed by atoms with Gasteiger partial charge in [0.15, 0.2) is 0 Å². The van der Waals surface area contributed by atoms with E-state index in [0.29, 0.717) is 5.56 Å². The number of nitrogens with zero attached hydrogens (tertiary/aromatic N) is 2. The van der Waals surface area contributed by atoms with Crippen molar-refractivity contribution in [3.8, 4) is 0 Å². The summed E-state index contributed by atoms with van der Waals surface area (Å²) in [7, 11) is 0. The van der Waals surface area contributed by atoms with Crippen LogP contribution < -0.4 is 5.01 Å². The van der Waals surface area contributed by atoms with Gasteiger partial charge in [0, 0.05) is 18.7 Å². The maximum Gasteiger partial charge on any atom is 0.335 e. The summed E-state index contributed by atoms with van der Waals surface area (Å²) in [6.07, 6.45) is 0.942. The summed E-state index contributed by atoms with van der Waals surface area (Å²) in [5.41, 5.74) is 2.22. The van der Waals surface area contributed by atoms with E-state index in [1.807, 2.05) is 18.0 Å². The first-order chi connectivity index (χ1) is 7.16. The van der Waals surface area contributed by atoms with Crippen molar-refractivity contribution in [3.63, 3.8) is 0 Å². The van der Waals surface area contributed by atoms with E-state index >= 15 is 0 Å². The summed E-state index contributed by atoms with van der Waals surface area (Å²) >= 11 is 0. The van der Waals surface area contributed by atoms with Crippen molar-refractivity contribution in [2.45, 2.75) is 13.3 Å². The van der Waals surface area contributed by atoms with Gasteiger partial charge in [-0.05, 0) is 25.1 Å². The van der Waals surface area contributed by atoms with Crippen LogP contribution in [0.25, 0.3) is 0 Å². The molecule has 0 atom stereocenters. The van der Waals surface area contributed by atoms with Crippen molar-refractivity contribution >= 4 is 17.4 Å². The predicted molar refractivity (Wildman–Crippen MR) is 58.5 cm³/mol. The summed E-state index contributed by atoms with van der Waals surface area (Å²) in [6, 6.07) is 6.83. The van der Waals surface area contributed by atoms with E-state index in [2.05, 4.69) is 5.10 Å². The third-order valence-electron chi connectivity index (χ3n) is 2.37. The molecule has 0 radical (unpaired) electrons. The Labute approximate surface area is 87.8 Å². The van der Waals surface area contributed by atoms with E-state index in [-0.39, 0.29) is 0 Å². The molecule has 0 fully saturated rings. The molecule has 1 aromatic rings. The molecule has 0 aliphatic carbocycles. The highest BCUT2D eigenvalue weighted by Crippen LogP contribution is 2.20. The molecule has 2 rings (SSSR count). The van der Waals surface area contributed by atoms with Gasteiger partial charge in [0.2, 0.25) is 0 Å². The molecule has 0 bridgehead atoms. The second-order valence-corrected chi connectivity index (χ2v) is 3.56. The van der Waals surface area contributed by atoms with Gasteiger partial charge >= 0.3 is 5.97 Å². The van der Waals surface area contributed by atoms with Gasteiger partial charge in [-0.25, -0.2) is 4.79 Å². The van der Waals surface area contributed by atoms with Gasteiger partial charge in [-0.3, -0.25) is 5.01 Å². The number of carbonyl (C=O) groups is 1. The third-order valence-corrected chi connectivity index (χ3v) is 2.37. The monoisotopic (exact) mass is 204 g/mol. The fourth-order valence-electron chi connectivity index (χ4n) is 1.56. The molecule has 1 aromatic carbocycles. The van der Waals surface area contributed by atoms with Gasteiger partial charge in [-0.15, -0.1) is 0 Å². The molecule has 1 aliphatic rings. The Morgan fingerprint density at radius 3 is 2.93 bits per heavy atom. The Morgan fingerprint density at radius 1 is 1.53 bits per heavy atom. The van der Waals surface area contributed by atoms with Crippen LogP contribution in [-0.4, -0.2) is 23.3 Å². The first-order valence-electron chi connectivity index (χ1n) is 4.82. The Bertz CT molecular complexity index is 426. The Hall–Kier alpha value is -1.84. The largest absolute Gasteiger partial charge is 0.478 e. The quantitative estimate of drug-likeness (QED) is 0.801. The lowest BCUT2D eigenvalue weighted by molar-refractivity contribution is 0.0697. The molecule has 78 valence electrons. The van der Waals surface area contributed by atoms with Gasteiger partial charge in [0.1, 0.15) is 0 Å². The van der Waals surface area contributed by atoms with Crippen LogP contribution in [0, 0.1) is 0 Å². The molecule has 4 nitrogen and oxygen atoms in total. The fraction of sp³-hybridized carbons (Fsp3) is 0.273. The minimum absolute atomic E-state index is 0.298. The number of hydrogen-bond donors (Lipinski definition) is 1. The Morgan fingerprint density at radius 2 is 2.33 bits per heavy atom. The molecular formula is C11H12N2O2. The van der Waals surface area contributed by atoms with E-state index in [0.717, 1.165) is 24.4 Å². The SMILES string of the molecule is CC1=NN(c2cccc(C(=O)O)c2)CC1. The number of benzene rings is 1. The third kappa shape index (κ3) is 1.98. The van der Waals surface area contributed by atoms with E-state index in [1.54, 1.807) is 18.2 Å². The maximum absolute atomic E-state index is 10.8. The second-order valence-electron chi connectivity index (χ2n) is 3.56. The lowest BCUT2D eigenvalue weighted by Crippen LogP contribution is -2.12. The van der Waals surface area contributed by atoms with E-state index < -0.39 is 5.97 Å². The number of hydrogen-bond acceptors (Lipinski definition) is 3. The molecule has 1 N–H and O–H groups in total. The highest BCUT2D eigenvalue weighted by atomic mass is 16.4. The normalized spacial score (nSPS) is 15.3. The average molecular weight is 204 g/mol. The van der Waals surface area contributed by atoms with Gasteiger partial charge < -0.3 is 5.11 Å². The Balaban J connectivity index is 2.29. The summed E-state index contributed by atoms with van der Waals surface area (Å²) in [5.74, 6) is -0.906. The number of aromatic carboxylic acids is 1. The zero-order valence-electron chi connectivity index (χ0n) is 8.47. The first kappa shape index (κ1) is 9.71. The lowest BCUT2D eigenvalue weighted by atomic mass is 10.2. The average Bonchev–Trinajstić information content (AvgIpc) is 2.65. The van der Waals surface area contributed by atoms with Gasteiger partial charge in [0.05, 0.1) is 11.3 Å². The zero-order chi connectivity index (χ0) is 10.8. The number of carboxylic acid groups (broad SMARTS) is 1. The summed E-state index contributed by atoms with van der Waals surface area (Å²) in [6.45, 7) is 2.80. The van der Waals surface area contributed by atoms with Crippen molar-refractivity contribution in [3.05, 3.63) is 29.8 Å². The van der Waals surface area contributed by atoms with Crippen molar-refractivity contribution in [2.24, 2.45) is 5.10 Å². The number of hydrazone groups is 1. The van der Waals surface area contributed by atoms with Crippen LogP contribution in [0.3, 0.4) is 0 Å². The number of rotatable bonds is 2. The van der Waals surface area contributed by atoms with Crippen molar-refractivity contribution in [1.82, 2.24) is 0 Å². The van der Waals surface area contributed by atoms with E-state index in [1.165, 1.54) is 0 Å². The standard InChI is InChI=1S/C11H12N2O2/c1-8-5-6-13(12-8)10-4-2-3-9(7-10)11(14)15/h2-4,7H,5-6H2,1H3,(H,14,15). The zero-order valence-corrected chi connectivity index (χ0v) is 8.47. The number of carboxylic acids is 1. The highest BCUT2D eigenvalue weighted by molar-refractivity contribution is 5.89. The lowest BCUT2D eigenvalue weighted by Gasteiger charge is -2.13. The minimum Gasteiger partial charge on any atom is -0.478 e. The molecule has 1 aliphatic heterocycles. The topological polar surface area (TPSA) is 52.9 Å². The molecule has 0 unspecified atom stereocenters. The molecule has 0 amide bonds. The maximum atomic E-state index is 10.8. The van der Waals surface area contributed by atoms with Crippen LogP contribution >= 0.6 is 0 Å². The number of anilines is 1. The van der Waals surface area contributed by atoms with Gasteiger partial charge in [-0.1, -0.05) is 6.07 Å². The van der Waals surface area contributed by atoms with Crippen molar-refractivity contribution in [1.29, 1.82) is 0 Å². The second kappa shape index (κ2) is 3.73. The van der Waals surface area contributed by atoms with Crippen LogP contribution in [-0.2, 0) is 0 Å². The summed E-state index contributed by atoms with van der Waals surface area (Å²) in [5, 5.41) is 15.0. The molecular weight excluding hydrogens is 192 g/mol. The smallest absolute Gasteiger partial charge is 0.335 e. The molecule has 1 heterocycles. The molecule has 0 aromatic heterocycles. The highest BCUT2D eigenvalue weighted by Gasteiger charge is 2.13. The van der Waals surface area contributed by atoms with Crippen molar-refractivity contribution < 1.29 is 9.90 Å². The van der Waals surface area contributed by atoms with Crippen LogP contribution in [0.2, 0.25) is 0 Å². The van der Waals surface area contributed by atoms with E-state index in [4.69, 9.17) is 5.11 Å². The predicted octanol–water partition coefficient (Wildman–Crippen LogP) is 1.97. The van der Waals surface area contributed by atoms with E-state index in [9.17, 15) is 4.79 Å². The summed E-state index contributed by atoms with van der Waals surface area (Å²) < 4.78 is 0. The van der Waals surface area contributed by atoms with Crippen LogP contribution in [0.1, 0.15) is 23.7 Å². The molecule has 4 heteroatoms. The first-order valence-corrected chi connectivity index (χ1v) is 4.82. The summed E-state index contributed by atoms with van der Waals surface area (Å²) in [4.78, 5) is 10.8. The fourth-order valence-corrected chi connectivity index (χ4v) is 1.56. The minimum atomic E-state index is -0.906. The van der Waals surface area contributed by atoms with Crippen molar-refractivity contribution in [2.75, 3.05) is 11.6 Å². The molecule has 0 saturated carbocycles. The van der Waals surface area contributed by atoms with Gasteiger partial charge in [-0.2, -0.15) is 5.10 Å². The molecule has 15 heavy (non-hydrogen) atoms. The van der Waals surface area contributed by atoms with Crippen LogP contribution in [0.5, 0.6) is 0 Å². The Kier molecular flexibility index (Phi) is 2.41. The van der Waals surface area contributed by atoms with Crippen LogP contribution in [0.15, 0.2) is 29.4 Å². The molecule has 0 saturated heterocycles. The van der Waals surface area contributed by atoms with Gasteiger partial charge in [0.25, 0.3) is 0 Å². The van der Waals surface area contributed by atoms with Crippen LogP contribution in [0.4, 0.5) is 5.69 Å². The molecule has 0 spiro atoms.